The summed E-state index contributed by atoms with van der Waals surface area (Å²) in [7, 11) is 0. The Balaban J connectivity index is 1.61. The van der Waals surface area contributed by atoms with E-state index in [1.165, 1.54) is 0 Å². The van der Waals surface area contributed by atoms with Crippen molar-refractivity contribution in [2.24, 2.45) is 0 Å². The zero-order valence-electron chi connectivity index (χ0n) is 14.3. The molecular weight excluding hydrogens is 346 g/mol. The molecule has 0 fully saturated rings. The summed E-state index contributed by atoms with van der Waals surface area (Å²) in [5.74, 6) is -1.14. The number of nitrogens with zero attached hydrogens (tertiary/aromatic N) is 1. The second-order valence-electron chi connectivity index (χ2n) is 5.98. The third kappa shape index (κ3) is 4.44. The van der Waals surface area contributed by atoms with Gasteiger partial charge in [0.1, 0.15) is 12.6 Å². The number of carbonyl (C=O) groups excluding carboxylic acids is 1. The van der Waals surface area contributed by atoms with Gasteiger partial charge >= 0.3 is 12.1 Å². The first-order valence-corrected chi connectivity index (χ1v) is 8.27. The normalized spacial score (nSPS) is 11.5. The first-order chi connectivity index (χ1) is 13.1. The lowest BCUT2D eigenvalue weighted by atomic mass is 10.1. The maximum absolute atomic E-state index is 12.0. The molecule has 27 heavy (non-hydrogen) atoms. The summed E-state index contributed by atoms with van der Waals surface area (Å²) in [5.41, 5.74) is 2.91. The number of nitriles is 1. The van der Waals surface area contributed by atoms with E-state index in [0.29, 0.717) is 11.1 Å². The SMILES string of the molecule is N#Cc1ccc(COC(=O)N[C@@H](Cc2c[nH]c3ccccc23)C(=O)O)cc1. The highest BCUT2D eigenvalue weighted by Gasteiger charge is 2.22. The first kappa shape index (κ1) is 18.0. The molecule has 0 radical (unpaired) electrons. The van der Waals surface area contributed by atoms with E-state index in [1.54, 1.807) is 30.5 Å². The third-order valence-electron chi connectivity index (χ3n) is 4.14. The fraction of sp³-hybridized carbons (Fsp3) is 0.150. The Labute approximate surface area is 155 Å². The number of benzene rings is 2. The highest BCUT2D eigenvalue weighted by Crippen LogP contribution is 2.19. The Hall–Kier alpha value is -3.79. The van der Waals surface area contributed by atoms with Crippen LogP contribution in [0.15, 0.2) is 54.7 Å². The lowest BCUT2D eigenvalue weighted by Gasteiger charge is -2.14. The number of carboxylic acids is 1. The number of hydrogen-bond acceptors (Lipinski definition) is 4. The van der Waals surface area contributed by atoms with Gasteiger partial charge in [0, 0.05) is 23.5 Å². The highest BCUT2D eigenvalue weighted by molar-refractivity contribution is 5.85. The summed E-state index contributed by atoms with van der Waals surface area (Å²) in [6.07, 6.45) is 1.06. The predicted molar refractivity (Wildman–Crippen MR) is 97.9 cm³/mol. The van der Waals surface area contributed by atoms with E-state index in [0.717, 1.165) is 16.5 Å². The van der Waals surface area contributed by atoms with E-state index in [2.05, 4.69) is 10.3 Å². The Bertz CT molecular complexity index is 1000. The molecule has 0 bridgehead atoms. The summed E-state index contributed by atoms with van der Waals surface area (Å²) in [6, 6.07) is 15.0. The maximum Gasteiger partial charge on any atom is 0.408 e. The molecular formula is C20H17N3O4. The van der Waals surface area contributed by atoms with E-state index in [9.17, 15) is 14.7 Å². The number of amides is 1. The van der Waals surface area contributed by atoms with Crippen LogP contribution in [0, 0.1) is 11.3 Å². The van der Waals surface area contributed by atoms with Crippen LogP contribution in [-0.4, -0.2) is 28.2 Å². The quantitative estimate of drug-likeness (QED) is 0.623. The molecule has 2 aromatic carbocycles. The van der Waals surface area contributed by atoms with Crippen molar-refractivity contribution in [3.8, 4) is 6.07 Å². The van der Waals surface area contributed by atoms with Crippen LogP contribution in [-0.2, 0) is 22.6 Å². The monoisotopic (exact) mass is 363 g/mol. The van der Waals surface area contributed by atoms with Gasteiger partial charge in [-0.1, -0.05) is 30.3 Å². The van der Waals surface area contributed by atoms with E-state index < -0.39 is 18.1 Å². The number of aliphatic carboxylic acids is 1. The van der Waals surface area contributed by atoms with Crippen LogP contribution in [0.3, 0.4) is 0 Å². The summed E-state index contributed by atoms with van der Waals surface area (Å²) in [5, 5.41) is 21.5. The minimum atomic E-state index is -1.14. The van der Waals surface area contributed by atoms with Gasteiger partial charge in [-0.25, -0.2) is 9.59 Å². The number of nitrogens with one attached hydrogen (secondary N) is 2. The van der Waals surface area contributed by atoms with Gasteiger partial charge in [-0.2, -0.15) is 5.26 Å². The van der Waals surface area contributed by atoms with Crippen LogP contribution >= 0.6 is 0 Å². The van der Waals surface area contributed by atoms with Crippen molar-refractivity contribution >= 4 is 23.0 Å². The van der Waals surface area contributed by atoms with Crippen LogP contribution in [0.4, 0.5) is 4.79 Å². The Kier molecular flexibility index (Phi) is 5.38. The van der Waals surface area contributed by atoms with Gasteiger partial charge in [0.15, 0.2) is 0 Å². The molecule has 7 nitrogen and oxygen atoms in total. The average Bonchev–Trinajstić information content (AvgIpc) is 3.09. The van der Waals surface area contributed by atoms with Gasteiger partial charge in [0.05, 0.1) is 11.6 Å². The van der Waals surface area contributed by atoms with Crippen molar-refractivity contribution in [2.75, 3.05) is 0 Å². The lowest BCUT2D eigenvalue weighted by molar-refractivity contribution is -0.139. The highest BCUT2D eigenvalue weighted by atomic mass is 16.5. The smallest absolute Gasteiger partial charge is 0.408 e. The number of carboxylic acid groups (broad SMARTS) is 1. The van der Waals surface area contributed by atoms with Gasteiger partial charge in [0.2, 0.25) is 0 Å². The van der Waals surface area contributed by atoms with Gasteiger partial charge in [-0.3, -0.25) is 0 Å². The van der Waals surface area contributed by atoms with Crippen molar-refractivity contribution in [3.63, 3.8) is 0 Å². The van der Waals surface area contributed by atoms with Gasteiger partial charge < -0.3 is 20.1 Å². The average molecular weight is 363 g/mol. The zero-order chi connectivity index (χ0) is 19.2. The largest absolute Gasteiger partial charge is 0.480 e. The Morgan fingerprint density at radius 2 is 1.93 bits per heavy atom. The zero-order valence-corrected chi connectivity index (χ0v) is 14.3. The molecule has 1 amide bonds. The molecule has 0 aliphatic carbocycles. The van der Waals surface area contributed by atoms with Crippen LogP contribution in [0.1, 0.15) is 16.7 Å². The number of carbonyl (C=O) groups is 2. The summed E-state index contributed by atoms with van der Waals surface area (Å²) in [4.78, 5) is 26.6. The number of aromatic amines is 1. The number of rotatable bonds is 6. The van der Waals surface area contributed by atoms with Crippen molar-refractivity contribution in [2.45, 2.75) is 19.1 Å². The van der Waals surface area contributed by atoms with E-state index in [1.807, 2.05) is 30.3 Å². The Morgan fingerprint density at radius 1 is 1.19 bits per heavy atom. The molecule has 1 atom stereocenters. The summed E-state index contributed by atoms with van der Waals surface area (Å²) in [6.45, 7) is -0.0169. The molecule has 3 rings (SSSR count). The van der Waals surface area contributed by atoms with Crippen LogP contribution in [0.25, 0.3) is 10.9 Å². The molecule has 0 unspecified atom stereocenters. The number of hydrogen-bond donors (Lipinski definition) is 3. The molecule has 0 aliphatic rings. The number of alkyl carbamates (subject to hydrolysis) is 1. The Morgan fingerprint density at radius 3 is 2.63 bits per heavy atom. The minimum Gasteiger partial charge on any atom is -0.480 e. The standard InChI is InChI=1S/C20H17N3O4/c21-10-13-5-7-14(8-6-13)12-27-20(26)23-18(19(24)25)9-15-11-22-17-4-2-1-3-16(15)17/h1-8,11,18,22H,9,12H2,(H,23,26)(H,24,25)/t18-/m0/s1. The van der Waals surface area contributed by atoms with Crippen LogP contribution in [0.2, 0.25) is 0 Å². The molecule has 3 N–H and O–H groups in total. The maximum atomic E-state index is 12.0. The fourth-order valence-electron chi connectivity index (χ4n) is 2.73. The summed E-state index contributed by atoms with van der Waals surface area (Å²) < 4.78 is 5.08. The molecule has 0 spiro atoms. The molecule has 1 heterocycles. The molecule has 0 aliphatic heterocycles. The summed E-state index contributed by atoms with van der Waals surface area (Å²) >= 11 is 0. The third-order valence-corrected chi connectivity index (χ3v) is 4.14. The topological polar surface area (TPSA) is 115 Å². The molecule has 136 valence electrons. The number of fused-ring (bicyclic) bond motifs is 1. The van der Waals surface area contributed by atoms with Crippen molar-refractivity contribution < 1.29 is 19.4 Å². The predicted octanol–water partition coefficient (Wildman–Crippen LogP) is 2.96. The molecule has 0 saturated carbocycles. The number of aromatic nitrogens is 1. The van der Waals surface area contributed by atoms with E-state index in [4.69, 9.17) is 10.00 Å². The van der Waals surface area contributed by atoms with Gasteiger partial charge in [0.25, 0.3) is 0 Å². The van der Waals surface area contributed by atoms with Crippen molar-refractivity contribution in [1.82, 2.24) is 10.3 Å². The van der Waals surface area contributed by atoms with E-state index in [-0.39, 0.29) is 13.0 Å². The van der Waals surface area contributed by atoms with Crippen LogP contribution < -0.4 is 5.32 Å². The molecule has 7 heteroatoms. The van der Waals surface area contributed by atoms with Crippen molar-refractivity contribution in [3.05, 3.63) is 71.4 Å². The minimum absolute atomic E-state index is 0.0169. The number of H-pyrrole nitrogens is 1. The van der Waals surface area contributed by atoms with Gasteiger partial charge in [-0.15, -0.1) is 0 Å². The first-order valence-electron chi connectivity index (χ1n) is 8.27. The number of ether oxygens (including phenoxy) is 1. The second-order valence-corrected chi connectivity index (χ2v) is 5.98. The molecule has 0 saturated heterocycles. The molecule has 1 aromatic heterocycles. The van der Waals surface area contributed by atoms with Gasteiger partial charge in [-0.05, 0) is 29.3 Å². The molecule has 3 aromatic rings. The lowest BCUT2D eigenvalue weighted by Crippen LogP contribution is -2.42. The van der Waals surface area contributed by atoms with E-state index >= 15 is 0 Å². The second kappa shape index (κ2) is 8.06. The number of para-hydroxylation sites is 1. The van der Waals surface area contributed by atoms with Crippen LogP contribution in [0.5, 0.6) is 0 Å². The fourth-order valence-corrected chi connectivity index (χ4v) is 2.73. The van der Waals surface area contributed by atoms with Crippen molar-refractivity contribution in [1.29, 1.82) is 5.26 Å².